The number of hydrogen-bond acceptors (Lipinski definition) is 2. The van der Waals surface area contributed by atoms with Crippen molar-refractivity contribution < 1.29 is 14.7 Å². The Bertz CT molecular complexity index is 519. The van der Waals surface area contributed by atoms with Gasteiger partial charge in [-0.25, -0.2) is 0 Å². The van der Waals surface area contributed by atoms with Gasteiger partial charge in [-0.2, -0.15) is 0 Å². The molecule has 1 N–H and O–H groups in total. The second kappa shape index (κ2) is 6.22. The van der Waals surface area contributed by atoms with E-state index in [1.165, 1.54) is 0 Å². The third-order valence-corrected chi connectivity index (χ3v) is 3.37. The SMILES string of the molecule is C#CCN(CC(=O)O)C(=O)c1cccc(C)c1Br. The topological polar surface area (TPSA) is 57.6 Å². The first-order valence-corrected chi connectivity index (χ1v) is 5.96. The summed E-state index contributed by atoms with van der Waals surface area (Å²) in [6.07, 6.45) is 5.14. The molecule has 1 aromatic carbocycles. The molecule has 0 aromatic heterocycles. The van der Waals surface area contributed by atoms with Gasteiger partial charge < -0.3 is 10.0 Å². The minimum absolute atomic E-state index is 0.0362. The monoisotopic (exact) mass is 309 g/mol. The number of carbonyl (C=O) groups excluding carboxylic acids is 1. The molecule has 4 nitrogen and oxygen atoms in total. The highest BCUT2D eigenvalue weighted by Gasteiger charge is 2.20. The van der Waals surface area contributed by atoms with Gasteiger partial charge in [0.15, 0.2) is 0 Å². The quantitative estimate of drug-likeness (QED) is 0.865. The second-order valence-corrected chi connectivity index (χ2v) is 4.49. The summed E-state index contributed by atoms with van der Waals surface area (Å²) in [5.74, 6) is 0.792. The Morgan fingerprint density at radius 2 is 2.17 bits per heavy atom. The zero-order valence-electron chi connectivity index (χ0n) is 9.81. The Morgan fingerprint density at radius 3 is 2.72 bits per heavy atom. The summed E-state index contributed by atoms with van der Waals surface area (Å²) in [6, 6.07) is 5.22. The number of carboxylic acid groups (broad SMARTS) is 1. The number of benzene rings is 1. The van der Waals surface area contributed by atoms with E-state index in [2.05, 4.69) is 21.9 Å². The summed E-state index contributed by atoms with van der Waals surface area (Å²) in [7, 11) is 0. The molecule has 0 radical (unpaired) electrons. The van der Waals surface area contributed by atoms with Crippen LogP contribution in [0.3, 0.4) is 0 Å². The van der Waals surface area contributed by atoms with Crippen LogP contribution in [0.4, 0.5) is 0 Å². The number of aryl methyl sites for hydroxylation is 1. The van der Waals surface area contributed by atoms with Crippen LogP contribution in [0.1, 0.15) is 15.9 Å². The molecule has 0 aliphatic rings. The lowest BCUT2D eigenvalue weighted by atomic mass is 10.1. The number of carbonyl (C=O) groups is 2. The molecule has 0 saturated heterocycles. The number of halogens is 1. The van der Waals surface area contributed by atoms with Crippen LogP contribution in [0.15, 0.2) is 22.7 Å². The van der Waals surface area contributed by atoms with Crippen molar-refractivity contribution in [1.29, 1.82) is 0 Å². The van der Waals surface area contributed by atoms with Crippen LogP contribution >= 0.6 is 15.9 Å². The van der Waals surface area contributed by atoms with Crippen molar-refractivity contribution in [2.24, 2.45) is 0 Å². The maximum Gasteiger partial charge on any atom is 0.323 e. The number of rotatable bonds is 4. The van der Waals surface area contributed by atoms with Gasteiger partial charge in [0, 0.05) is 4.47 Å². The van der Waals surface area contributed by atoms with E-state index in [9.17, 15) is 9.59 Å². The molecular weight excluding hydrogens is 298 g/mol. The zero-order chi connectivity index (χ0) is 13.7. The highest BCUT2D eigenvalue weighted by Crippen LogP contribution is 2.22. The predicted octanol–water partition coefficient (Wildman–Crippen LogP) is 1.92. The molecule has 1 aromatic rings. The van der Waals surface area contributed by atoms with E-state index >= 15 is 0 Å². The van der Waals surface area contributed by atoms with Gasteiger partial charge in [0.1, 0.15) is 6.54 Å². The molecule has 0 heterocycles. The number of carboxylic acids is 1. The Hall–Kier alpha value is -1.80. The number of aliphatic carboxylic acids is 1. The van der Waals surface area contributed by atoms with Gasteiger partial charge in [-0.1, -0.05) is 18.1 Å². The minimum atomic E-state index is -1.10. The van der Waals surface area contributed by atoms with E-state index in [0.717, 1.165) is 10.5 Å². The fraction of sp³-hybridized carbons (Fsp3) is 0.231. The third-order valence-electron chi connectivity index (χ3n) is 2.32. The van der Waals surface area contributed by atoms with Crippen LogP contribution in [0.5, 0.6) is 0 Å². The lowest BCUT2D eigenvalue weighted by Gasteiger charge is -2.19. The van der Waals surface area contributed by atoms with Crippen molar-refractivity contribution in [3.63, 3.8) is 0 Å². The van der Waals surface area contributed by atoms with Crippen LogP contribution in [0, 0.1) is 19.3 Å². The van der Waals surface area contributed by atoms with Gasteiger partial charge in [0.05, 0.1) is 12.1 Å². The Morgan fingerprint density at radius 1 is 1.50 bits per heavy atom. The van der Waals surface area contributed by atoms with Crippen molar-refractivity contribution in [3.05, 3.63) is 33.8 Å². The van der Waals surface area contributed by atoms with E-state index < -0.39 is 18.4 Å². The first-order chi connectivity index (χ1) is 8.47. The predicted molar refractivity (Wildman–Crippen MR) is 71.3 cm³/mol. The Balaban J connectivity index is 3.06. The van der Waals surface area contributed by atoms with Gasteiger partial charge in [-0.05, 0) is 34.5 Å². The van der Waals surface area contributed by atoms with E-state index in [-0.39, 0.29) is 6.54 Å². The third kappa shape index (κ3) is 3.34. The molecule has 0 unspecified atom stereocenters. The number of amides is 1. The minimum Gasteiger partial charge on any atom is -0.480 e. The van der Waals surface area contributed by atoms with E-state index in [0.29, 0.717) is 10.0 Å². The smallest absolute Gasteiger partial charge is 0.323 e. The molecule has 0 aliphatic carbocycles. The summed E-state index contributed by atoms with van der Waals surface area (Å²) in [5, 5.41) is 8.76. The zero-order valence-corrected chi connectivity index (χ0v) is 11.4. The van der Waals surface area contributed by atoms with Crippen molar-refractivity contribution >= 4 is 27.8 Å². The molecule has 94 valence electrons. The van der Waals surface area contributed by atoms with Gasteiger partial charge in [0.2, 0.25) is 0 Å². The molecule has 18 heavy (non-hydrogen) atoms. The number of terminal acetylenes is 1. The molecule has 0 spiro atoms. The van der Waals surface area contributed by atoms with Gasteiger partial charge in [0.25, 0.3) is 5.91 Å². The van der Waals surface area contributed by atoms with E-state index in [1.54, 1.807) is 12.1 Å². The van der Waals surface area contributed by atoms with Crippen LogP contribution < -0.4 is 0 Å². The molecule has 5 heteroatoms. The largest absolute Gasteiger partial charge is 0.480 e. The lowest BCUT2D eigenvalue weighted by molar-refractivity contribution is -0.137. The standard InChI is InChI=1S/C13H12BrNO3/c1-3-7-15(8-11(16)17)13(18)10-6-4-5-9(2)12(10)14/h1,4-6H,7-8H2,2H3,(H,16,17). The van der Waals surface area contributed by atoms with E-state index in [1.807, 2.05) is 13.0 Å². The lowest BCUT2D eigenvalue weighted by Crippen LogP contribution is -2.36. The van der Waals surface area contributed by atoms with Crippen molar-refractivity contribution in [2.75, 3.05) is 13.1 Å². The Kier molecular flexibility index (Phi) is 4.93. The maximum atomic E-state index is 12.2. The number of hydrogen-bond donors (Lipinski definition) is 1. The van der Waals surface area contributed by atoms with Crippen LogP contribution in [0.25, 0.3) is 0 Å². The molecule has 0 saturated carbocycles. The first kappa shape index (κ1) is 14.3. The molecule has 1 rings (SSSR count). The molecule has 0 atom stereocenters. The summed E-state index contributed by atoms with van der Waals surface area (Å²) >= 11 is 3.32. The van der Waals surface area contributed by atoms with Crippen LogP contribution in [-0.4, -0.2) is 35.0 Å². The van der Waals surface area contributed by atoms with Crippen molar-refractivity contribution in [2.45, 2.75) is 6.92 Å². The van der Waals surface area contributed by atoms with Crippen LogP contribution in [0.2, 0.25) is 0 Å². The van der Waals surface area contributed by atoms with E-state index in [4.69, 9.17) is 11.5 Å². The van der Waals surface area contributed by atoms with Gasteiger partial charge in [-0.15, -0.1) is 6.42 Å². The second-order valence-electron chi connectivity index (χ2n) is 3.70. The summed E-state index contributed by atoms with van der Waals surface area (Å²) in [5.41, 5.74) is 1.31. The molecule has 0 aliphatic heterocycles. The van der Waals surface area contributed by atoms with Crippen molar-refractivity contribution in [1.82, 2.24) is 4.90 Å². The van der Waals surface area contributed by atoms with Gasteiger partial charge in [-0.3, -0.25) is 9.59 Å². The molecule has 0 fully saturated rings. The maximum absolute atomic E-state index is 12.2. The summed E-state index contributed by atoms with van der Waals surface area (Å²) in [6.45, 7) is 1.40. The van der Waals surface area contributed by atoms with Crippen LogP contribution in [-0.2, 0) is 4.79 Å². The van der Waals surface area contributed by atoms with Gasteiger partial charge >= 0.3 is 5.97 Å². The normalized spacial score (nSPS) is 9.61. The number of nitrogens with zero attached hydrogens (tertiary/aromatic N) is 1. The molecule has 1 amide bonds. The van der Waals surface area contributed by atoms with Crippen molar-refractivity contribution in [3.8, 4) is 12.3 Å². The first-order valence-electron chi connectivity index (χ1n) is 5.17. The molecular formula is C13H12BrNO3. The summed E-state index contributed by atoms with van der Waals surface area (Å²) < 4.78 is 0.655. The highest BCUT2D eigenvalue weighted by atomic mass is 79.9. The average molecular weight is 310 g/mol. The fourth-order valence-corrected chi connectivity index (χ4v) is 1.89. The Labute approximate surface area is 114 Å². The molecule has 0 bridgehead atoms. The fourth-order valence-electron chi connectivity index (χ4n) is 1.46. The summed E-state index contributed by atoms with van der Waals surface area (Å²) in [4.78, 5) is 24.0. The highest BCUT2D eigenvalue weighted by molar-refractivity contribution is 9.10. The average Bonchev–Trinajstić information content (AvgIpc) is 2.31.